The summed E-state index contributed by atoms with van der Waals surface area (Å²) in [5.74, 6) is 0.491. The van der Waals surface area contributed by atoms with Crippen molar-refractivity contribution >= 4 is 38.3 Å². The van der Waals surface area contributed by atoms with E-state index < -0.39 is 11.7 Å². The molecular formula is C23H23ClF3N3S. The molecule has 1 aliphatic heterocycles. The van der Waals surface area contributed by atoms with E-state index in [1.807, 2.05) is 6.08 Å². The SMILES string of the molecule is C=CC1CN(Cc2cc(C)cc(CCl)c2)CCN1c1nc2ccc(C(F)(F)F)cc2s1. The summed E-state index contributed by atoms with van der Waals surface area (Å²) < 4.78 is 39.7. The number of nitrogens with zero attached hydrogens (tertiary/aromatic N) is 3. The fourth-order valence-corrected chi connectivity index (χ4v) is 5.28. The highest BCUT2D eigenvalue weighted by molar-refractivity contribution is 7.22. The lowest BCUT2D eigenvalue weighted by Gasteiger charge is -2.40. The summed E-state index contributed by atoms with van der Waals surface area (Å²) in [4.78, 5) is 9.10. The summed E-state index contributed by atoms with van der Waals surface area (Å²) in [6, 6.07) is 10.2. The number of hydrogen-bond acceptors (Lipinski definition) is 4. The van der Waals surface area contributed by atoms with E-state index in [-0.39, 0.29) is 6.04 Å². The van der Waals surface area contributed by atoms with E-state index in [1.165, 1.54) is 34.6 Å². The van der Waals surface area contributed by atoms with Gasteiger partial charge < -0.3 is 4.90 Å². The van der Waals surface area contributed by atoms with E-state index in [4.69, 9.17) is 11.6 Å². The molecule has 0 N–H and O–H groups in total. The summed E-state index contributed by atoms with van der Waals surface area (Å²) >= 11 is 7.31. The van der Waals surface area contributed by atoms with Crippen LogP contribution >= 0.6 is 22.9 Å². The molecule has 0 bridgehead atoms. The van der Waals surface area contributed by atoms with Crippen LogP contribution < -0.4 is 4.90 Å². The highest BCUT2D eigenvalue weighted by atomic mass is 35.5. The van der Waals surface area contributed by atoms with Gasteiger partial charge in [0.25, 0.3) is 0 Å². The van der Waals surface area contributed by atoms with Crippen LogP contribution in [0.3, 0.4) is 0 Å². The molecule has 4 rings (SSSR count). The van der Waals surface area contributed by atoms with Crippen molar-refractivity contribution < 1.29 is 13.2 Å². The number of benzene rings is 2. The number of rotatable bonds is 5. The summed E-state index contributed by atoms with van der Waals surface area (Å²) in [6.45, 7) is 9.21. The second-order valence-corrected chi connectivity index (χ2v) is 9.15. The van der Waals surface area contributed by atoms with Gasteiger partial charge >= 0.3 is 6.18 Å². The van der Waals surface area contributed by atoms with Gasteiger partial charge in [-0.3, -0.25) is 4.90 Å². The number of piperazine rings is 1. The molecule has 1 atom stereocenters. The largest absolute Gasteiger partial charge is 0.416 e. The zero-order chi connectivity index (χ0) is 22.2. The Hall–Kier alpha value is -2.09. The standard InChI is InChI=1S/C23H23ClF3N3S/c1-3-19-14-29(13-17-9-15(2)8-16(10-17)12-24)6-7-30(19)22-28-20-5-4-18(23(25,26)27)11-21(20)31-22/h3-5,8-11,19H,1,6-7,12-14H2,2H3. The predicted octanol–water partition coefficient (Wildman–Crippen LogP) is 6.24. The molecule has 1 fully saturated rings. The minimum atomic E-state index is -4.35. The minimum Gasteiger partial charge on any atom is -0.339 e. The van der Waals surface area contributed by atoms with Crippen molar-refractivity contribution in [1.29, 1.82) is 0 Å². The van der Waals surface area contributed by atoms with Crippen LogP contribution in [-0.2, 0) is 18.6 Å². The van der Waals surface area contributed by atoms with Gasteiger partial charge in [-0.1, -0.05) is 41.2 Å². The zero-order valence-electron chi connectivity index (χ0n) is 17.1. The van der Waals surface area contributed by atoms with Gasteiger partial charge in [-0.15, -0.1) is 18.2 Å². The predicted molar refractivity (Wildman–Crippen MR) is 122 cm³/mol. The Morgan fingerprint density at radius 3 is 2.68 bits per heavy atom. The number of aryl methyl sites for hydroxylation is 1. The molecule has 0 radical (unpaired) electrons. The van der Waals surface area contributed by atoms with E-state index in [1.54, 1.807) is 0 Å². The van der Waals surface area contributed by atoms with Crippen molar-refractivity contribution in [3.05, 3.63) is 71.3 Å². The van der Waals surface area contributed by atoms with Crippen LogP contribution in [0, 0.1) is 6.92 Å². The average Bonchev–Trinajstić information content (AvgIpc) is 3.15. The molecule has 164 valence electrons. The number of halogens is 4. The van der Waals surface area contributed by atoms with Crippen LogP contribution in [-0.4, -0.2) is 35.6 Å². The van der Waals surface area contributed by atoms with Crippen LogP contribution in [0.15, 0.2) is 49.1 Å². The molecular weight excluding hydrogens is 443 g/mol. The molecule has 2 aromatic carbocycles. The summed E-state index contributed by atoms with van der Waals surface area (Å²) in [5, 5.41) is 0.735. The van der Waals surface area contributed by atoms with Crippen LogP contribution in [0.4, 0.5) is 18.3 Å². The smallest absolute Gasteiger partial charge is 0.339 e. The van der Waals surface area contributed by atoms with Crippen molar-refractivity contribution in [1.82, 2.24) is 9.88 Å². The Balaban J connectivity index is 1.51. The molecule has 3 nitrogen and oxygen atoms in total. The first kappa shape index (κ1) is 22.1. The van der Waals surface area contributed by atoms with Crippen molar-refractivity contribution in [2.75, 3.05) is 24.5 Å². The molecule has 0 spiro atoms. The van der Waals surface area contributed by atoms with Gasteiger partial charge in [-0.25, -0.2) is 4.98 Å². The maximum absolute atomic E-state index is 13.0. The first-order chi connectivity index (χ1) is 14.8. The Bertz CT molecular complexity index is 1100. The quantitative estimate of drug-likeness (QED) is 0.328. The van der Waals surface area contributed by atoms with Crippen LogP contribution in [0.25, 0.3) is 10.2 Å². The maximum Gasteiger partial charge on any atom is 0.416 e. The van der Waals surface area contributed by atoms with Crippen LogP contribution in [0.5, 0.6) is 0 Å². The van der Waals surface area contributed by atoms with E-state index in [9.17, 15) is 13.2 Å². The number of thiazole rings is 1. The van der Waals surface area contributed by atoms with Crippen LogP contribution in [0.1, 0.15) is 22.3 Å². The lowest BCUT2D eigenvalue weighted by atomic mass is 10.1. The fraction of sp³-hybridized carbons (Fsp3) is 0.348. The van der Waals surface area contributed by atoms with Crippen molar-refractivity contribution in [3.8, 4) is 0 Å². The monoisotopic (exact) mass is 465 g/mol. The number of aromatic nitrogens is 1. The molecule has 8 heteroatoms. The molecule has 31 heavy (non-hydrogen) atoms. The molecule has 1 aliphatic rings. The first-order valence-corrected chi connectivity index (χ1v) is 11.4. The van der Waals surface area contributed by atoms with Gasteiger partial charge in [0, 0.05) is 32.1 Å². The first-order valence-electron chi connectivity index (χ1n) is 10.0. The Kier molecular flexibility index (Phi) is 6.28. The number of fused-ring (bicyclic) bond motifs is 1. The average molecular weight is 466 g/mol. The highest BCUT2D eigenvalue weighted by Crippen LogP contribution is 2.36. The Morgan fingerprint density at radius 1 is 1.19 bits per heavy atom. The summed E-state index contributed by atoms with van der Waals surface area (Å²) in [6.07, 6.45) is -2.47. The van der Waals surface area contributed by atoms with E-state index in [0.717, 1.165) is 42.9 Å². The van der Waals surface area contributed by atoms with Crippen molar-refractivity contribution in [2.24, 2.45) is 0 Å². The Morgan fingerprint density at radius 2 is 1.97 bits per heavy atom. The van der Waals surface area contributed by atoms with Crippen molar-refractivity contribution in [2.45, 2.75) is 31.6 Å². The zero-order valence-corrected chi connectivity index (χ0v) is 18.7. The number of anilines is 1. The normalized spacial score (nSPS) is 18.0. The van der Waals surface area contributed by atoms with Crippen molar-refractivity contribution in [3.63, 3.8) is 0 Å². The van der Waals surface area contributed by atoms with Gasteiger partial charge in [-0.05, 0) is 36.2 Å². The van der Waals surface area contributed by atoms with Gasteiger partial charge in [0.15, 0.2) is 5.13 Å². The lowest BCUT2D eigenvalue weighted by molar-refractivity contribution is -0.137. The molecule has 0 amide bonds. The number of hydrogen-bond donors (Lipinski definition) is 0. The third-order valence-corrected chi connectivity index (χ3v) is 6.85. The maximum atomic E-state index is 13.0. The molecule has 1 saturated heterocycles. The molecule has 2 heterocycles. The number of alkyl halides is 4. The van der Waals surface area contributed by atoms with E-state index >= 15 is 0 Å². The van der Waals surface area contributed by atoms with Gasteiger partial charge in [0.1, 0.15) is 0 Å². The fourth-order valence-electron chi connectivity index (χ4n) is 4.04. The molecule has 1 aromatic heterocycles. The topological polar surface area (TPSA) is 19.4 Å². The summed E-state index contributed by atoms with van der Waals surface area (Å²) in [7, 11) is 0. The molecule has 1 unspecified atom stereocenters. The van der Waals surface area contributed by atoms with Gasteiger partial charge in [0.2, 0.25) is 0 Å². The summed E-state index contributed by atoms with van der Waals surface area (Å²) in [5.41, 5.74) is 3.48. The lowest BCUT2D eigenvalue weighted by Crippen LogP contribution is -2.52. The molecule has 0 aliphatic carbocycles. The second kappa shape index (κ2) is 8.81. The van der Waals surface area contributed by atoms with E-state index in [2.05, 4.69) is 46.5 Å². The van der Waals surface area contributed by atoms with Gasteiger partial charge in [-0.2, -0.15) is 13.2 Å². The molecule has 0 saturated carbocycles. The van der Waals surface area contributed by atoms with E-state index in [0.29, 0.717) is 16.1 Å². The van der Waals surface area contributed by atoms with Gasteiger partial charge in [0.05, 0.1) is 21.8 Å². The Labute approximate surface area is 188 Å². The molecule has 3 aromatic rings. The second-order valence-electron chi connectivity index (χ2n) is 7.87. The minimum absolute atomic E-state index is 0.0358. The van der Waals surface area contributed by atoms with Crippen LogP contribution in [0.2, 0.25) is 0 Å². The highest BCUT2D eigenvalue weighted by Gasteiger charge is 2.31. The third-order valence-electron chi connectivity index (χ3n) is 5.48. The third kappa shape index (κ3) is 4.89.